The zero-order chi connectivity index (χ0) is 21.9. The molecule has 1 amide bonds. The molecule has 0 aromatic heterocycles. The van der Waals surface area contributed by atoms with Crippen molar-refractivity contribution in [3.63, 3.8) is 0 Å². The third kappa shape index (κ3) is 4.87. The van der Waals surface area contributed by atoms with E-state index in [0.717, 1.165) is 5.56 Å². The molecular formula is C21H18Cl2N2O4S. The lowest BCUT2D eigenvalue weighted by atomic mass is 10.1. The normalized spacial score (nSPS) is 11.1. The second-order valence-corrected chi connectivity index (χ2v) is 8.89. The number of anilines is 2. The molecule has 3 rings (SSSR count). The smallest absolute Gasteiger partial charge is 0.262 e. The molecule has 0 aliphatic rings. The minimum Gasteiger partial charge on any atom is -0.495 e. The number of halogens is 2. The molecule has 0 bridgehead atoms. The molecule has 2 N–H and O–H groups in total. The maximum absolute atomic E-state index is 12.8. The van der Waals surface area contributed by atoms with Gasteiger partial charge in [0.25, 0.3) is 15.9 Å². The molecule has 0 unspecified atom stereocenters. The average molecular weight is 465 g/mol. The maximum atomic E-state index is 12.8. The van der Waals surface area contributed by atoms with Crippen molar-refractivity contribution in [1.82, 2.24) is 0 Å². The zero-order valence-electron chi connectivity index (χ0n) is 16.1. The Bertz CT molecular complexity index is 1210. The number of aryl methyl sites for hydroxylation is 1. The lowest BCUT2D eigenvalue weighted by Gasteiger charge is -2.14. The van der Waals surface area contributed by atoms with E-state index >= 15 is 0 Å². The van der Waals surface area contributed by atoms with Crippen molar-refractivity contribution in [2.24, 2.45) is 0 Å². The van der Waals surface area contributed by atoms with Crippen LogP contribution in [0.5, 0.6) is 5.75 Å². The number of nitrogens with one attached hydrogen (secondary N) is 2. The third-order valence-electron chi connectivity index (χ3n) is 4.29. The summed E-state index contributed by atoms with van der Waals surface area (Å²) in [5.41, 5.74) is 1.66. The Morgan fingerprint density at radius 3 is 2.37 bits per heavy atom. The quantitative estimate of drug-likeness (QED) is 0.513. The highest BCUT2D eigenvalue weighted by molar-refractivity contribution is 7.92. The molecule has 0 radical (unpaired) electrons. The van der Waals surface area contributed by atoms with E-state index in [2.05, 4.69) is 10.0 Å². The van der Waals surface area contributed by atoms with Crippen molar-refractivity contribution in [3.05, 3.63) is 81.8 Å². The highest BCUT2D eigenvalue weighted by atomic mass is 35.5. The SMILES string of the molecule is COc1ccc(S(=O)(=O)Nc2ccc(Cl)cc2Cl)cc1NC(=O)c1ccccc1C. The van der Waals surface area contributed by atoms with Crippen molar-refractivity contribution < 1.29 is 17.9 Å². The molecule has 0 aliphatic carbocycles. The Balaban J connectivity index is 1.93. The molecule has 0 atom stereocenters. The molecule has 0 heterocycles. The predicted octanol–water partition coefficient (Wildman–Crippen LogP) is 5.36. The Morgan fingerprint density at radius 1 is 0.967 bits per heavy atom. The largest absolute Gasteiger partial charge is 0.495 e. The molecule has 9 heteroatoms. The molecule has 3 aromatic rings. The van der Waals surface area contributed by atoms with Gasteiger partial charge in [0.2, 0.25) is 0 Å². The summed E-state index contributed by atoms with van der Waals surface area (Å²) in [5.74, 6) is -0.0601. The van der Waals surface area contributed by atoms with Crippen LogP contribution in [0.1, 0.15) is 15.9 Å². The van der Waals surface area contributed by atoms with Gasteiger partial charge in [-0.15, -0.1) is 0 Å². The molecule has 30 heavy (non-hydrogen) atoms. The molecule has 3 aromatic carbocycles. The first-order chi connectivity index (χ1) is 14.2. The Labute approximate surface area is 184 Å². The predicted molar refractivity (Wildman–Crippen MR) is 119 cm³/mol. The first kappa shape index (κ1) is 22.0. The van der Waals surface area contributed by atoms with Crippen molar-refractivity contribution in [1.29, 1.82) is 0 Å². The number of hydrogen-bond acceptors (Lipinski definition) is 4. The van der Waals surface area contributed by atoms with E-state index in [1.165, 1.54) is 43.5 Å². The minimum absolute atomic E-state index is 0.0746. The minimum atomic E-state index is -3.99. The number of amides is 1. The number of carbonyl (C=O) groups is 1. The van der Waals surface area contributed by atoms with Gasteiger partial charge in [-0.1, -0.05) is 41.4 Å². The Morgan fingerprint density at radius 2 is 1.70 bits per heavy atom. The van der Waals surface area contributed by atoms with Crippen LogP contribution >= 0.6 is 23.2 Å². The zero-order valence-corrected chi connectivity index (χ0v) is 18.4. The average Bonchev–Trinajstić information content (AvgIpc) is 2.70. The van der Waals surface area contributed by atoms with E-state index in [1.54, 1.807) is 12.1 Å². The van der Waals surface area contributed by atoms with E-state index in [4.69, 9.17) is 27.9 Å². The van der Waals surface area contributed by atoms with Gasteiger partial charge in [0.15, 0.2) is 0 Å². The van der Waals surface area contributed by atoms with Crippen LogP contribution in [0.15, 0.2) is 65.6 Å². The molecule has 0 saturated carbocycles. The fraction of sp³-hybridized carbons (Fsp3) is 0.0952. The van der Waals surface area contributed by atoms with E-state index < -0.39 is 10.0 Å². The number of rotatable bonds is 6. The van der Waals surface area contributed by atoms with Gasteiger partial charge in [0.05, 0.1) is 28.4 Å². The number of sulfonamides is 1. The van der Waals surface area contributed by atoms with Crippen molar-refractivity contribution in [2.45, 2.75) is 11.8 Å². The van der Waals surface area contributed by atoms with Crippen LogP contribution in [0, 0.1) is 6.92 Å². The second-order valence-electron chi connectivity index (χ2n) is 6.36. The van der Waals surface area contributed by atoms with Crippen LogP contribution < -0.4 is 14.8 Å². The van der Waals surface area contributed by atoms with Gasteiger partial charge in [-0.25, -0.2) is 8.42 Å². The van der Waals surface area contributed by atoms with Crippen LogP contribution in [0.3, 0.4) is 0 Å². The number of methoxy groups -OCH3 is 1. The third-order valence-corrected chi connectivity index (χ3v) is 6.21. The summed E-state index contributed by atoms with van der Waals surface area (Å²) in [6.07, 6.45) is 0. The van der Waals surface area contributed by atoms with Gasteiger partial charge in [0.1, 0.15) is 5.75 Å². The van der Waals surface area contributed by atoms with Crippen LogP contribution in [0.25, 0.3) is 0 Å². The Hall–Kier alpha value is -2.74. The summed E-state index contributed by atoms with van der Waals surface area (Å²) in [6.45, 7) is 1.81. The summed E-state index contributed by atoms with van der Waals surface area (Å²) in [4.78, 5) is 12.6. The van der Waals surface area contributed by atoms with Gasteiger partial charge in [-0.3, -0.25) is 9.52 Å². The summed E-state index contributed by atoms with van der Waals surface area (Å²) < 4.78 is 33.4. The van der Waals surface area contributed by atoms with E-state index in [0.29, 0.717) is 16.3 Å². The summed E-state index contributed by atoms with van der Waals surface area (Å²) >= 11 is 11.9. The monoisotopic (exact) mass is 464 g/mol. The lowest BCUT2D eigenvalue weighted by Crippen LogP contribution is -2.16. The van der Waals surface area contributed by atoms with Crippen LogP contribution in [0.2, 0.25) is 10.0 Å². The Kier molecular flexibility index (Phi) is 6.55. The molecule has 156 valence electrons. The standard InChI is InChI=1S/C21H18Cl2N2O4S/c1-13-5-3-4-6-16(13)21(26)24-19-12-15(8-10-20(19)29-2)30(27,28)25-18-9-7-14(22)11-17(18)23/h3-12,25H,1-2H3,(H,24,26). The fourth-order valence-electron chi connectivity index (χ4n) is 2.75. The lowest BCUT2D eigenvalue weighted by molar-refractivity contribution is 0.102. The highest BCUT2D eigenvalue weighted by Gasteiger charge is 2.20. The summed E-state index contributed by atoms with van der Waals surface area (Å²) in [6, 6.07) is 15.6. The molecule has 0 saturated heterocycles. The van der Waals surface area contributed by atoms with Crippen LogP contribution in [-0.2, 0) is 10.0 Å². The molecule has 6 nitrogen and oxygen atoms in total. The summed E-state index contributed by atoms with van der Waals surface area (Å²) in [5, 5.41) is 3.26. The molecule has 0 fully saturated rings. The molecular weight excluding hydrogens is 447 g/mol. The molecule has 0 aliphatic heterocycles. The number of ether oxygens (including phenoxy) is 1. The number of benzene rings is 3. The first-order valence-corrected chi connectivity index (χ1v) is 11.0. The second kappa shape index (κ2) is 8.95. The van der Waals surface area contributed by atoms with Crippen molar-refractivity contribution in [3.8, 4) is 5.75 Å². The van der Waals surface area contributed by atoms with Gasteiger partial charge in [-0.05, 0) is 55.0 Å². The van der Waals surface area contributed by atoms with E-state index in [-0.39, 0.29) is 27.2 Å². The van der Waals surface area contributed by atoms with Gasteiger partial charge in [0, 0.05) is 10.6 Å². The van der Waals surface area contributed by atoms with E-state index in [1.807, 2.05) is 19.1 Å². The maximum Gasteiger partial charge on any atom is 0.262 e. The molecule has 0 spiro atoms. The summed E-state index contributed by atoms with van der Waals surface area (Å²) in [7, 11) is -2.56. The topological polar surface area (TPSA) is 84.5 Å². The van der Waals surface area contributed by atoms with Gasteiger partial charge >= 0.3 is 0 Å². The van der Waals surface area contributed by atoms with E-state index in [9.17, 15) is 13.2 Å². The van der Waals surface area contributed by atoms with Crippen LogP contribution in [-0.4, -0.2) is 21.4 Å². The van der Waals surface area contributed by atoms with Gasteiger partial charge < -0.3 is 10.1 Å². The van der Waals surface area contributed by atoms with Crippen molar-refractivity contribution >= 4 is 50.5 Å². The fourth-order valence-corrected chi connectivity index (χ4v) is 4.36. The number of hydrogen-bond donors (Lipinski definition) is 2. The first-order valence-electron chi connectivity index (χ1n) is 8.74. The highest BCUT2D eigenvalue weighted by Crippen LogP contribution is 2.31. The number of carbonyl (C=O) groups excluding carboxylic acids is 1. The van der Waals surface area contributed by atoms with Crippen molar-refractivity contribution in [2.75, 3.05) is 17.1 Å². The van der Waals surface area contributed by atoms with Crippen LogP contribution in [0.4, 0.5) is 11.4 Å². The van der Waals surface area contributed by atoms with Gasteiger partial charge in [-0.2, -0.15) is 0 Å².